The Labute approximate surface area is 208 Å². The van der Waals surface area contributed by atoms with Crippen molar-refractivity contribution in [2.45, 2.75) is 18.9 Å². The van der Waals surface area contributed by atoms with Crippen molar-refractivity contribution in [3.8, 4) is 5.75 Å². The van der Waals surface area contributed by atoms with Gasteiger partial charge in [-0.3, -0.25) is 9.59 Å². The molecule has 0 bridgehead atoms. The van der Waals surface area contributed by atoms with E-state index >= 15 is 0 Å². The van der Waals surface area contributed by atoms with Gasteiger partial charge >= 0.3 is 0 Å². The molecule has 2 amide bonds. The lowest BCUT2D eigenvalue weighted by Crippen LogP contribution is -2.48. The minimum atomic E-state index is -0.330. The summed E-state index contributed by atoms with van der Waals surface area (Å²) in [6.45, 7) is 1.70. The summed E-state index contributed by atoms with van der Waals surface area (Å²) < 4.78 is 24.4. The number of carbonyl (C=O) groups is 2. The van der Waals surface area contributed by atoms with E-state index in [2.05, 4.69) is 0 Å². The highest BCUT2D eigenvalue weighted by Gasteiger charge is 2.33. The van der Waals surface area contributed by atoms with Crippen LogP contribution in [0.15, 0.2) is 66.0 Å². The highest BCUT2D eigenvalue weighted by molar-refractivity contribution is 7.10. The first kappa shape index (κ1) is 24.9. The molecule has 0 aliphatic carbocycles. The molecule has 184 valence electrons. The summed E-state index contributed by atoms with van der Waals surface area (Å²) in [7, 11) is 1.62. The number of halogens is 1. The van der Waals surface area contributed by atoms with Crippen LogP contribution in [0, 0.1) is 5.82 Å². The molecule has 1 aliphatic heterocycles. The van der Waals surface area contributed by atoms with Crippen molar-refractivity contribution in [1.82, 2.24) is 9.80 Å². The molecule has 4 rings (SSSR count). The molecule has 1 atom stereocenters. The van der Waals surface area contributed by atoms with Gasteiger partial charge in [0, 0.05) is 37.2 Å². The Morgan fingerprint density at radius 3 is 2.63 bits per heavy atom. The van der Waals surface area contributed by atoms with E-state index in [1.165, 1.54) is 17.0 Å². The van der Waals surface area contributed by atoms with Crippen LogP contribution in [-0.4, -0.2) is 61.6 Å². The molecule has 1 unspecified atom stereocenters. The van der Waals surface area contributed by atoms with E-state index in [0.29, 0.717) is 37.4 Å². The second-order valence-electron chi connectivity index (χ2n) is 8.36. The van der Waals surface area contributed by atoms with E-state index < -0.39 is 0 Å². The number of ether oxygens (including phenoxy) is 2. The zero-order chi connectivity index (χ0) is 24.6. The number of hydrogen-bond donors (Lipinski definition) is 0. The number of thiophene rings is 1. The van der Waals surface area contributed by atoms with Gasteiger partial charge in [-0.25, -0.2) is 4.39 Å². The van der Waals surface area contributed by atoms with E-state index in [-0.39, 0.29) is 36.8 Å². The summed E-state index contributed by atoms with van der Waals surface area (Å²) in [5.74, 6) is -0.0937. The first-order valence-corrected chi connectivity index (χ1v) is 12.5. The van der Waals surface area contributed by atoms with Crippen molar-refractivity contribution in [1.29, 1.82) is 0 Å². The molecule has 1 aliphatic rings. The summed E-state index contributed by atoms with van der Waals surface area (Å²) in [6.07, 6.45) is 1.40. The number of carbonyl (C=O) groups excluding carboxylic acids is 2. The highest BCUT2D eigenvalue weighted by atomic mass is 32.1. The van der Waals surface area contributed by atoms with Gasteiger partial charge in [0.25, 0.3) is 5.91 Å². The summed E-state index contributed by atoms with van der Waals surface area (Å²) >= 11 is 1.67. The lowest BCUT2D eigenvalue weighted by Gasteiger charge is -2.37. The van der Waals surface area contributed by atoms with Gasteiger partial charge in [0.1, 0.15) is 24.7 Å². The molecular formula is C27H29FN2O4S. The molecule has 0 saturated heterocycles. The molecule has 0 spiro atoms. The smallest absolute Gasteiger partial charge is 0.254 e. The maximum absolute atomic E-state index is 13.6. The van der Waals surface area contributed by atoms with Crippen molar-refractivity contribution >= 4 is 23.2 Å². The van der Waals surface area contributed by atoms with Gasteiger partial charge in [-0.15, -0.1) is 11.3 Å². The lowest BCUT2D eigenvalue weighted by molar-refractivity contribution is -0.135. The molecule has 2 aromatic carbocycles. The molecule has 0 saturated carbocycles. The molecule has 0 N–H and O–H groups in total. The number of hydrogen-bond acceptors (Lipinski definition) is 5. The predicted octanol–water partition coefficient (Wildman–Crippen LogP) is 4.57. The van der Waals surface area contributed by atoms with E-state index in [1.54, 1.807) is 52.5 Å². The van der Waals surface area contributed by atoms with Crippen LogP contribution < -0.4 is 4.74 Å². The summed E-state index contributed by atoms with van der Waals surface area (Å²) in [5, 5.41) is 2.03. The van der Waals surface area contributed by atoms with Crippen molar-refractivity contribution in [2.24, 2.45) is 0 Å². The Morgan fingerprint density at radius 2 is 1.89 bits per heavy atom. The van der Waals surface area contributed by atoms with E-state index in [0.717, 1.165) is 12.0 Å². The summed E-state index contributed by atoms with van der Waals surface area (Å²) in [5.41, 5.74) is 1.62. The number of nitrogens with zero attached hydrogens (tertiary/aromatic N) is 2. The fourth-order valence-electron chi connectivity index (χ4n) is 4.25. The molecule has 6 nitrogen and oxygen atoms in total. The van der Waals surface area contributed by atoms with E-state index in [4.69, 9.17) is 9.47 Å². The number of methoxy groups -OCH3 is 1. The van der Waals surface area contributed by atoms with Crippen LogP contribution in [0.3, 0.4) is 0 Å². The molecule has 3 aromatic rings. The first-order valence-electron chi connectivity index (χ1n) is 11.6. The predicted molar refractivity (Wildman–Crippen MR) is 133 cm³/mol. The van der Waals surface area contributed by atoms with Crippen molar-refractivity contribution < 1.29 is 23.5 Å². The highest BCUT2D eigenvalue weighted by Crippen LogP contribution is 2.34. The van der Waals surface area contributed by atoms with E-state index in [9.17, 15) is 14.0 Å². The fraction of sp³-hybridized carbons (Fsp3) is 0.333. The monoisotopic (exact) mass is 496 g/mol. The standard InChI is InChI=1S/C27H29FN2O4S/c1-33-16-5-14-29(27(32)20-6-3-2-4-7-20)18-26(31)30-15-12-25-23(13-17-35-25)24(30)19-34-22-10-8-21(28)9-11-22/h2-4,6-11,13,17,24H,5,12,14-16,18-19H2,1H3. The maximum atomic E-state index is 13.6. The minimum absolute atomic E-state index is 0.0238. The summed E-state index contributed by atoms with van der Waals surface area (Å²) in [6, 6.07) is 16.6. The Balaban J connectivity index is 1.51. The van der Waals surface area contributed by atoms with Crippen molar-refractivity contribution in [3.63, 3.8) is 0 Å². The fourth-order valence-corrected chi connectivity index (χ4v) is 5.18. The van der Waals surface area contributed by atoms with Gasteiger partial charge in [0.05, 0.1) is 6.04 Å². The van der Waals surface area contributed by atoms with Crippen LogP contribution >= 0.6 is 11.3 Å². The van der Waals surface area contributed by atoms with Gasteiger partial charge in [-0.1, -0.05) is 18.2 Å². The number of fused-ring (bicyclic) bond motifs is 1. The van der Waals surface area contributed by atoms with Gasteiger partial charge in [-0.2, -0.15) is 0 Å². The third-order valence-electron chi connectivity index (χ3n) is 6.05. The molecule has 8 heteroatoms. The van der Waals surface area contributed by atoms with Crippen LogP contribution in [-0.2, 0) is 16.0 Å². The van der Waals surface area contributed by atoms with Crippen LogP contribution in [0.25, 0.3) is 0 Å². The number of rotatable bonds is 10. The zero-order valence-corrected chi connectivity index (χ0v) is 20.5. The Morgan fingerprint density at radius 1 is 1.11 bits per heavy atom. The van der Waals surface area contributed by atoms with Crippen LogP contribution in [0.2, 0.25) is 0 Å². The molecule has 0 fully saturated rings. The van der Waals surface area contributed by atoms with Crippen molar-refractivity contribution in [3.05, 3.63) is 87.9 Å². The third kappa shape index (κ3) is 6.26. The maximum Gasteiger partial charge on any atom is 0.254 e. The average Bonchev–Trinajstić information content (AvgIpc) is 3.37. The molecule has 1 aromatic heterocycles. The molecule has 2 heterocycles. The van der Waals surface area contributed by atoms with Gasteiger partial charge in [0.2, 0.25) is 5.91 Å². The van der Waals surface area contributed by atoms with Crippen LogP contribution in [0.5, 0.6) is 5.75 Å². The Bertz CT molecular complexity index is 1120. The van der Waals surface area contributed by atoms with Gasteiger partial charge in [-0.05, 0) is 66.2 Å². The van der Waals surface area contributed by atoms with Gasteiger partial charge < -0.3 is 19.3 Å². The lowest BCUT2D eigenvalue weighted by atomic mass is 10.0. The average molecular weight is 497 g/mol. The number of benzene rings is 2. The first-order chi connectivity index (χ1) is 17.1. The van der Waals surface area contributed by atoms with E-state index in [1.807, 2.05) is 29.6 Å². The second kappa shape index (κ2) is 12.0. The normalized spacial score (nSPS) is 14.9. The third-order valence-corrected chi connectivity index (χ3v) is 7.04. The quantitative estimate of drug-likeness (QED) is 0.386. The second-order valence-corrected chi connectivity index (χ2v) is 9.36. The van der Waals surface area contributed by atoms with Crippen molar-refractivity contribution in [2.75, 3.05) is 40.0 Å². The SMILES string of the molecule is COCCCN(CC(=O)N1CCc2sccc2C1COc1ccc(F)cc1)C(=O)c1ccccc1. The molecular weight excluding hydrogens is 467 g/mol. The topological polar surface area (TPSA) is 59.1 Å². The molecule has 0 radical (unpaired) electrons. The Kier molecular flexibility index (Phi) is 8.50. The zero-order valence-electron chi connectivity index (χ0n) is 19.7. The van der Waals surface area contributed by atoms with Crippen LogP contribution in [0.4, 0.5) is 4.39 Å². The Hall–Kier alpha value is -3.23. The largest absolute Gasteiger partial charge is 0.491 e. The van der Waals surface area contributed by atoms with Gasteiger partial charge in [0.15, 0.2) is 0 Å². The summed E-state index contributed by atoms with van der Waals surface area (Å²) in [4.78, 5) is 31.4. The molecule has 35 heavy (non-hydrogen) atoms. The minimum Gasteiger partial charge on any atom is -0.491 e. The number of amides is 2. The van der Waals surface area contributed by atoms with Crippen LogP contribution in [0.1, 0.15) is 33.3 Å².